The molecule has 2 N–H and O–H groups in total. The van der Waals surface area contributed by atoms with Gasteiger partial charge in [-0.15, -0.1) is 0 Å². The van der Waals surface area contributed by atoms with E-state index in [9.17, 15) is 9.18 Å². The van der Waals surface area contributed by atoms with Crippen LogP contribution in [0.5, 0.6) is 0 Å². The zero-order valence-corrected chi connectivity index (χ0v) is 18.0. The Morgan fingerprint density at radius 1 is 1.19 bits per heavy atom. The number of aromatic nitrogens is 4. The van der Waals surface area contributed by atoms with Crippen LogP contribution in [0, 0.1) is 12.7 Å². The minimum Gasteiger partial charge on any atom is -0.372 e. The Balaban J connectivity index is 1.35. The highest BCUT2D eigenvalue weighted by Crippen LogP contribution is 2.24. The number of carbonyl (C=O) groups is 1. The quantitative estimate of drug-likeness (QED) is 0.535. The lowest BCUT2D eigenvalue weighted by molar-refractivity contribution is 0.100. The van der Waals surface area contributed by atoms with Crippen LogP contribution in [0.2, 0.25) is 0 Å². The summed E-state index contributed by atoms with van der Waals surface area (Å²) in [5.41, 5.74) is 9.60. The van der Waals surface area contributed by atoms with Crippen LogP contribution in [-0.4, -0.2) is 56.2 Å². The summed E-state index contributed by atoms with van der Waals surface area (Å²) in [5, 5.41) is 5.33. The van der Waals surface area contributed by atoms with Crippen LogP contribution in [0.3, 0.4) is 0 Å². The fourth-order valence-electron chi connectivity index (χ4n) is 4.31. The highest BCUT2D eigenvalue weighted by Gasteiger charge is 2.19. The van der Waals surface area contributed by atoms with Gasteiger partial charge in [-0.05, 0) is 19.9 Å². The van der Waals surface area contributed by atoms with Gasteiger partial charge in [0, 0.05) is 56.2 Å². The van der Waals surface area contributed by atoms with Crippen LogP contribution in [0.1, 0.15) is 23.0 Å². The molecule has 1 aromatic carbocycles. The molecule has 0 bridgehead atoms. The van der Waals surface area contributed by atoms with E-state index < -0.39 is 5.91 Å². The molecule has 0 atom stereocenters. The molecule has 8 nitrogen and oxygen atoms in total. The first-order chi connectivity index (χ1) is 15.4. The second-order valence-corrected chi connectivity index (χ2v) is 8.12. The molecule has 32 heavy (non-hydrogen) atoms. The maximum absolute atomic E-state index is 14.5. The van der Waals surface area contributed by atoms with Crippen LogP contribution in [0.4, 0.5) is 10.1 Å². The Bertz CT molecular complexity index is 1360. The highest BCUT2D eigenvalue weighted by atomic mass is 19.1. The largest absolute Gasteiger partial charge is 0.372 e. The minimum atomic E-state index is -0.476. The minimum absolute atomic E-state index is 0.315. The molecule has 9 heteroatoms. The van der Waals surface area contributed by atoms with Gasteiger partial charge in [0.15, 0.2) is 11.5 Å². The van der Waals surface area contributed by atoms with E-state index in [0.29, 0.717) is 16.7 Å². The number of pyridine rings is 1. The normalized spacial score (nSPS) is 15.2. The van der Waals surface area contributed by atoms with Crippen LogP contribution >= 0.6 is 0 Å². The second-order valence-electron chi connectivity index (χ2n) is 8.12. The summed E-state index contributed by atoms with van der Waals surface area (Å²) in [4.78, 5) is 20.5. The number of fused-ring (bicyclic) bond motifs is 2. The summed E-state index contributed by atoms with van der Waals surface area (Å²) >= 11 is 0. The van der Waals surface area contributed by atoms with Gasteiger partial charge in [0.2, 0.25) is 0 Å². The maximum Gasteiger partial charge on any atom is 0.250 e. The number of primary amides is 1. The van der Waals surface area contributed by atoms with Crippen molar-refractivity contribution in [2.24, 2.45) is 5.73 Å². The highest BCUT2D eigenvalue weighted by molar-refractivity contribution is 6.05. The molecule has 1 amide bonds. The van der Waals surface area contributed by atoms with Gasteiger partial charge >= 0.3 is 0 Å². The number of imidazole rings is 1. The van der Waals surface area contributed by atoms with Crippen molar-refractivity contribution in [2.75, 3.05) is 31.1 Å². The first kappa shape index (κ1) is 20.0. The fourth-order valence-corrected chi connectivity index (χ4v) is 4.31. The molecule has 3 aromatic heterocycles. The first-order valence-corrected chi connectivity index (χ1v) is 10.5. The van der Waals surface area contributed by atoms with E-state index in [-0.39, 0.29) is 5.82 Å². The number of carbonyl (C=O) groups excluding carboxylic acids is 1. The number of piperazine rings is 1. The van der Waals surface area contributed by atoms with E-state index in [0.717, 1.165) is 48.6 Å². The third-order valence-corrected chi connectivity index (χ3v) is 5.85. The molecule has 4 heterocycles. The summed E-state index contributed by atoms with van der Waals surface area (Å²) in [7, 11) is 0. The second kappa shape index (κ2) is 7.67. The molecular formula is C23H24FN7O. The molecule has 4 aromatic rings. The summed E-state index contributed by atoms with van der Waals surface area (Å²) in [5.74, 6) is -0.791. The van der Waals surface area contributed by atoms with Crippen molar-refractivity contribution in [1.29, 1.82) is 0 Å². The van der Waals surface area contributed by atoms with E-state index in [4.69, 9.17) is 5.73 Å². The third-order valence-electron chi connectivity index (χ3n) is 5.85. The number of aryl methyl sites for hydroxylation is 1. The number of para-hydroxylation sites is 1. The van der Waals surface area contributed by atoms with Gasteiger partial charge in [0.05, 0.1) is 34.4 Å². The molecule has 1 aliphatic heterocycles. The molecule has 1 fully saturated rings. The van der Waals surface area contributed by atoms with Crippen LogP contribution < -0.4 is 10.6 Å². The Morgan fingerprint density at radius 3 is 2.72 bits per heavy atom. The summed E-state index contributed by atoms with van der Waals surface area (Å²) in [6.45, 7) is 6.89. The van der Waals surface area contributed by atoms with E-state index >= 15 is 0 Å². The van der Waals surface area contributed by atoms with Gasteiger partial charge in [-0.25, -0.2) is 14.1 Å². The Labute approximate surface area is 184 Å². The topological polar surface area (TPSA) is 84.7 Å². The van der Waals surface area contributed by atoms with Gasteiger partial charge in [0.25, 0.3) is 5.91 Å². The van der Waals surface area contributed by atoms with Gasteiger partial charge in [-0.3, -0.25) is 4.79 Å². The predicted octanol–water partition coefficient (Wildman–Crippen LogP) is 2.87. The molecule has 164 valence electrons. The van der Waals surface area contributed by atoms with Crippen molar-refractivity contribution in [3.05, 3.63) is 66.1 Å². The van der Waals surface area contributed by atoms with Crippen molar-refractivity contribution in [3.8, 4) is 0 Å². The molecule has 0 spiro atoms. The van der Waals surface area contributed by atoms with Crippen molar-refractivity contribution >= 4 is 33.8 Å². The first-order valence-electron chi connectivity index (χ1n) is 10.5. The molecule has 1 aliphatic rings. The average Bonchev–Trinajstić information content (AvgIpc) is 3.37. The molecule has 0 aliphatic carbocycles. The number of halogens is 1. The zero-order chi connectivity index (χ0) is 22.4. The van der Waals surface area contributed by atoms with Crippen LogP contribution in [-0.2, 0) is 0 Å². The van der Waals surface area contributed by atoms with Crippen LogP contribution in [0.15, 0.2) is 49.1 Å². The molecular weight excluding hydrogens is 409 g/mol. The van der Waals surface area contributed by atoms with E-state index in [2.05, 4.69) is 19.9 Å². The summed E-state index contributed by atoms with van der Waals surface area (Å²) in [6, 6.07) is 6.99. The van der Waals surface area contributed by atoms with Crippen LogP contribution in [0.25, 0.3) is 22.2 Å². The van der Waals surface area contributed by atoms with Gasteiger partial charge in [-0.2, -0.15) is 5.10 Å². The van der Waals surface area contributed by atoms with E-state index in [1.165, 1.54) is 0 Å². The van der Waals surface area contributed by atoms with Crippen molar-refractivity contribution in [1.82, 2.24) is 24.1 Å². The zero-order valence-electron chi connectivity index (χ0n) is 18.0. The Hall–Kier alpha value is -3.88. The monoisotopic (exact) mass is 433 g/mol. The van der Waals surface area contributed by atoms with E-state index in [1.807, 2.05) is 38.5 Å². The number of nitrogens with two attached hydrogens (primary N) is 1. The molecule has 0 radical (unpaired) electrons. The fraction of sp³-hybridized carbons (Fsp3) is 0.261. The molecule has 1 saturated heterocycles. The van der Waals surface area contributed by atoms with Crippen molar-refractivity contribution in [3.63, 3.8) is 0 Å². The number of benzene rings is 1. The van der Waals surface area contributed by atoms with Gasteiger partial charge < -0.3 is 19.9 Å². The Kier molecular flexibility index (Phi) is 4.80. The number of hydrogen-bond donors (Lipinski definition) is 1. The summed E-state index contributed by atoms with van der Waals surface area (Å²) < 4.78 is 18.0. The average molecular weight is 433 g/mol. The smallest absolute Gasteiger partial charge is 0.250 e. The summed E-state index contributed by atoms with van der Waals surface area (Å²) in [6.07, 6.45) is 7.54. The number of nitrogens with zero attached hydrogens (tertiary/aromatic N) is 6. The SMILES string of the molecule is C/C(=C\N1CCN(c2cc(F)c3nc(C)cn3c2)CC1)n1ncc2cccc(C(N)=O)c21. The lowest BCUT2D eigenvalue weighted by Crippen LogP contribution is -2.44. The predicted molar refractivity (Wildman–Crippen MR) is 122 cm³/mol. The number of rotatable bonds is 4. The van der Waals surface area contributed by atoms with E-state index in [1.54, 1.807) is 33.5 Å². The third kappa shape index (κ3) is 3.45. The number of anilines is 1. The molecule has 0 unspecified atom stereocenters. The lowest BCUT2D eigenvalue weighted by atomic mass is 10.1. The molecule has 0 saturated carbocycles. The lowest BCUT2D eigenvalue weighted by Gasteiger charge is -2.35. The Morgan fingerprint density at radius 2 is 1.97 bits per heavy atom. The maximum atomic E-state index is 14.5. The molecule has 5 rings (SSSR count). The van der Waals surface area contributed by atoms with Crippen molar-refractivity contribution in [2.45, 2.75) is 13.8 Å². The number of amides is 1. The van der Waals surface area contributed by atoms with Gasteiger partial charge in [-0.1, -0.05) is 12.1 Å². The van der Waals surface area contributed by atoms with Gasteiger partial charge in [0.1, 0.15) is 0 Å². The standard InChI is InChI=1S/C23H24FN7O/c1-15-12-30-14-18(10-20(24)23(30)27-15)29-8-6-28(7-9-29)13-16(2)31-21-17(11-26-31)4-3-5-19(21)22(25)32/h3-5,10-14H,6-9H2,1-2H3,(H2,25,32)/b16-13+. The number of allylic oxidation sites excluding steroid dienone is 1. The van der Waals surface area contributed by atoms with Crippen molar-refractivity contribution < 1.29 is 9.18 Å². The number of hydrogen-bond acceptors (Lipinski definition) is 5.